The molecule has 0 aliphatic carbocycles. The SMILES string of the molecule is N#Cc1c(N)[nH]c(=O)c(C#N)c1-c1cc(Br)ccc1OCC=Cc1ccccc1. The second-order valence-corrected chi connectivity index (χ2v) is 6.90. The summed E-state index contributed by atoms with van der Waals surface area (Å²) in [5.41, 5.74) is 6.60. The Labute approximate surface area is 175 Å². The highest BCUT2D eigenvalue weighted by Gasteiger charge is 2.21. The number of aromatic amines is 1. The molecule has 0 fully saturated rings. The highest BCUT2D eigenvalue weighted by Crippen LogP contribution is 2.37. The summed E-state index contributed by atoms with van der Waals surface area (Å²) < 4.78 is 6.57. The smallest absolute Gasteiger partial charge is 0.268 e. The van der Waals surface area contributed by atoms with Crippen LogP contribution in [0.5, 0.6) is 5.75 Å². The summed E-state index contributed by atoms with van der Waals surface area (Å²) in [4.78, 5) is 14.6. The molecule has 3 rings (SSSR count). The van der Waals surface area contributed by atoms with Gasteiger partial charge in [-0.15, -0.1) is 0 Å². The number of anilines is 1. The van der Waals surface area contributed by atoms with E-state index in [-0.39, 0.29) is 29.1 Å². The van der Waals surface area contributed by atoms with Crippen molar-refractivity contribution in [2.24, 2.45) is 0 Å². The molecule has 0 unspecified atom stereocenters. The summed E-state index contributed by atoms with van der Waals surface area (Å²) >= 11 is 3.38. The van der Waals surface area contributed by atoms with E-state index in [0.717, 1.165) is 5.56 Å². The zero-order valence-corrected chi connectivity index (χ0v) is 16.7. The summed E-state index contributed by atoms with van der Waals surface area (Å²) in [6, 6.07) is 18.8. The van der Waals surface area contributed by atoms with E-state index in [1.165, 1.54) is 0 Å². The molecular weight excluding hydrogens is 432 g/mol. The number of nitrogens with two attached hydrogens (primary N) is 1. The predicted molar refractivity (Wildman–Crippen MR) is 115 cm³/mol. The Hall–Kier alpha value is -3.81. The molecule has 142 valence electrons. The minimum Gasteiger partial charge on any atom is -0.489 e. The normalized spacial score (nSPS) is 10.4. The lowest BCUT2D eigenvalue weighted by atomic mass is 9.96. The molecule has 6 nitrogen and oxygen atoms in total. The van der Waals surface area contributed by atoms with Crippen molar-refractivity contribution < 1.29 is 4.74 Å². The molecule has 0 atom stereocenters. The summed E-state index contributed by atoms with van der Waals surface area (Å²) in [7, 11) is 0. The number of nitrogen functional groups attached to an aromatic ring is 1. The number of aromatic nitrogens is 1. The van der Waals surface area contributed by atoms with Gasteiger partial charge in [0.25, 0.3) is 5.56 Å². The number of nitrogens with zero attached hydrogens (tertiary/aromatic N) is 2. The van der Waals surface area contributed by atoms with E-state index in [4.69, 9.17) is 10.5 Å². The standard InChI is InChI=1S/C22H15BrN4O2/c23-15-8-9-19(29-10-4-7-14-5-2-1-3-6-14)16(11-15)20-17(12-24)21(26)27-22(28)18(20)13-25/h1-9,11H,10H2,(H3,26,27,28). The van der Waals surface area contributed by atoms with Crippen molar-refractivity contribution in [1.82, 2.24) is 4.98 Å². The van der Waals surface area contributed by atoms with Gasteiger partial charge in [0, 0.05) is 15.6 Å². The first-order valence-corrected chi connectivity index (χ1v) is 9.34. The van der Waals surface area contributed by atoms with Crippen LogP contribution in [-0.2, 0) is 0 Å². The van der Waals surface area contributed by atoms with E-state index < -0.39 is 5.56 Å². The molecule has 0 aliphatic heterocycles. The highest BCUT2D eigenvalue weighted by atomic mass is 79.9. The molecule has 1 aromatic heterocycles. The van der Waals surface area contributed by atoms with Crippen LogP contribution in [0.2, 0.25) is 0 Å². The molecule has 3 aromatic rings. The predicted octanol–water partition coefficient (Wildman–Crippen LogP) is 4.22. The van der Waals surface area contributed by atoms with Crippen LogP contribution in [0.4, 0.5) is 5.82 Å². The van der Waals surface area contributed by atoms with Crippen LogP contribution in [0.3, 0.4) is 0 Å². The van der Waals surface area contributed by atoms with Gasteiger partial charge < -0.3 is 15.5 Å². The molecule has 7 heteroatoms. The number of H-pyrrole nitrogens is 1. The Kier molecular flexibility index (Phi) is 6.13. The van der Waals surface area contributed by atoms with E-state index in [9.17, 15) is 15.3 Å². The summed E-state index contributed by atoms with van der Waals surface area (Å²) in [5, 5.41) is 19.0. The van der Waals surface area contributed by atoms with Crippen molar-refractivity contribution in [3.05, 3.63) is 86.1 Å². The van der Waals surface area contributed by atoms with E-state index in [1.54, 1.807) is 18.2 Å². The molecule has 3 N–H and O–H groups in total. The Balaban J connectivity index is 2.03. The number of nitriles is 2. The van der Waals surface area contributed by atoms with Crippen LogP contribution in [0, 0.1) is 22.7 Å². The van der Waals surface area contributed by atoms with Crippen LogP contribution in [-0.4, -0.2) is 11.6 Å². The van der Waals surface area contributed by atoms with E-state index in [2.05, 4.69) is 20.9 Å². The quantitative estimate of drug-likeness (QED) is 0.608. The monoisotopic (exact) mass is 446 g/mol. The van der Waals surface area contributed by atoms with Crippen molar-refractivity contribution in [1.29, 1.82) is 10.5 Å². The van der Waals surface area contributed by atoms with Crippen LogP contribution in [0.15, 0.2) is 63.9 Å². The second kappa shape index (κ2) is 8.92. The molecule has 0 radical (unpaired) electrons. The number of hydrogen-bond acceptors (Lipinski definition) is 5. The van der Waals surface area contributed by atoms with Crippen LogP contribution in [0.1, 0.15) is 16.7 Å². The maximum absolute atomic E-state index is 12.2. The molecule has 2 aromatic carbocycles. The first-order valence-electron chi connectivity index (χ1n) is 8.55. The van der Waals surface area contributed by atoms with Gasteiger partial charge >= 0.3 is 0 Å². The molecule has 0 aliphatic rings. The van der Waals surface area contributed by atoms with Gasteiger partial charge in [0.2, 0.25) is 0 Å². The number of benzene rings is 2. The molecule has 0 bridgehead atoms. The average Bonchev–Trinajstić information content (AvgIpc) is 2.72. The van der Waals surface area contributed by atoms with Crippen molar-refractivity contribution in [2.45, 2.75) is 0 Å². The van der Waals surface area contributed by atoms with Gasteiger partial charge in [0.05, 0.1) is 0 Å². The van der Waals surface area contributed by atoms with Gasteiger partial charge in [-0.05, 0) is 29.8 Å². The number of hydrogen-bond donors (Lipinski definition) is 2. The summed E-state index contributed by atoms with van der Waals surface area (Å²) in [6.07, 6.45) is 3.77. The minimum atomic E-state index is -0.658. The number of pyridine rings is 1. The van der Waals surface area contributed by atoms with Gasteiger partial charge in [-0.3, -0.25) is 4.79 Å². The topological polar surface area (TPSA) is 116 Å². The van der Waals surface area contributed by atoms with Crippen molar-refractivity contribution >= 4 is 27.8 Å². The number of halogens is 1. The Morgan fingerprint density at radius 2 is 1.83 bits per heavy atom. The highest BCUT2D eigenvalue weighted by molar-refractivity contribution is 9.10. The first-order chi connectivity index (χ1) is 14.0. The van der Waals surface area contributed by atoms with Gasteiger partial charge in [0.15, 0.2) is 0 Å². The third-order valence-electron chi connectivity index (χ3n) is 4.12. The maximum atomic E-state index is 12.2. The van der Waals surface area contributed by atoms with Crippen molar-refractivity contribution in [3.8, 4) is 29.0 Å². The third-order valence-corrected chi connectivity index (χ3v) is 4.62. The van der Waals surface area contributed by atoms with Crippen LogP contribution >= 0.6 is 15.9 Å². The second-order valence-electron chi connectivity index (χ2n) is 5.98. The minimum absolute atomic E-state index is 0.0175. The maximum Gasteiger partial charge on any atom is 0.268 e. The number of rotatable bonds is 5. The first kappa shape index (κ1) is 19.9. The number of ether oxygens (including phenoxy) is 1. The molecule has 1 heterocycles. The van der Waals surface area contributed by atoms with E-state index in [1.807, 2.05) is 54.6 Å². The zero-order chi connectivity index (χ0) is 20.8. The fourth-order valence-corrected chi connectivity index (χ4v) is 3.18. The largest absolute Gasteiger partial charge is 0.489 e. The Bertz CT molecular complexity index is 1220. The van der Waals surface area contributed by atoms with Gasteiger partial charge in [-0.25, -0.2) is 0 Å². The molecule has 29 heavy (non-hydrogen) atoms. The van der Waals surface area contributed by atoms with Crippen LogP contribution in [0.25, 0.3) is 17.2 Å². The Morgan fingerprint density at radius 1 is 1.10 bits per heavy atom. The lowest BCUT2D eigenvalue weighted by Gasteiger charge is -2.14. The fourth-order valence-electron chi connectivity index (χ4n) is 2.82. The van der Waals surface area contributed by atoms with Gasteiger partial charge in [-0.2, -0.15) is 10.5 Å². The van der Waals surface area contributed by atoms with Crippen LogP contribution < -0.4 is 16.0 Å². The molecule has 0 amide bonds. The lowest BCUT2D eigenvalue weighted by Crippen LogP contribution is -2.16. The molecule has 0 spiro atoms. The summed E-state index contributed by atoms with van der Waals surface area (Å²) in [6.45, 7) is 0.256. The molecule has 0 saturated heterocycles. The Morgan fingerprint density at radius 3 is 2.52 bits per heavy atom. The number of nitrogens with one attached hydrogen (secondary N) is 1. The van der Waals surface area contributed by atoms with E-state index >= 15 is 0 Å². The lowest BCUT2D eigenvalue weighted by molar-refractivity contribution is 0.365. The summed E-state index contributed by atoms with van der Waals surface area (Å²) in [5.74, 6) is 0.324. The zero-order valence-electron chi connectivity index (χ0n) is 15.1. The average molecular weight is 447 g/mol. The third kappa shape index (κ3) is 4.37. The van der Waals surface area contributed by atoms with Gasteiger partial charge in [0.1, 0.15) is 41.4 Å². The van der Waals surface area contributed by atoms with E-state index in [0.29, 0.717) is 15.8 Å². The fraction of sp³-hybridized carbons (Fsp3) is 0.0455. The molecule has 0 saturated carbocycles. The molecular formula is C22H15BrN4O2. The van der Waals surface area contributed by atoms with Gasteiger partial charge in [-0.1, -0.05) is 52.3 Å². The van der Waals surface area contributed by atoms with Crippen molar-refractivity contribution in [2.75, 3.05) is 12.3 Å². The van der Waals surface area contributed by atoms with Crippen molar-refractivity contribution in [3.63, 3.8) is 0 Å².